The lowest BCUT2D eigenvalue weighted by atomic mass is 10.1. The van der Waals surface area contributed by atoms with Gasteiger partial charge in [-0.25, -0.2) is 12.8 Å². The van der Waals surface area contributed by atoms with E-state index in [0.29, 0.717) is 21.3 Å². The van der Waals surface area contributed by atoms with Gasteiger partial charge in [0.05, 0.1) is 11.9 Å². The Balaban J connectivity index is 2.22. The van der Waals surface area contributed by atoms with Gasteiger partial charge in [-0.3, -0.25) is 13.9 Å². The Morgan fingerprint density at radius 1 is 1.06 bits per heavy atom. The lowest BCUT2D eigenvalue weighted by molar-refractivity contribution is -0.140. The number of hydrogen-bond acceptors (Lipinski definition) is 4. The summed E-state index contributed by atoms with van der Waals surface area (Å²) in [5.41, 5.74) is 0.814. The molecule has 0 aliphatic rings. The molecule has 1 N–H and O–H groups in total. The topological polar surface area (TPSA) is 86.8 Å². The van der Waals surface area contributed by atoms with E-state index in [-0.39, 0.29) is 43.8 Å². The van der Waals surface area contributed by atoms with Crippen LogP contribution in [0.15, 0.2) is 42.5 Å². The molecular weight excluding hydrogens is 528 g/mol. The van der Waals surface area contributed by atoms with E-state index in [1.165, 1.54) is 29.2 Å². The first kappa shape index (κ1) is 29.9. The molecule has 0 heterocycles. The predicted octanol–water partition coefficient (Wildman–Crippen LogP) is 5.01. The van der Waals surface area contributed by atoms with Gasteiger partial charge in [-0.15, -0.1) is 0 Å². The van der Waals surface area contributed by atoms with Crippen LogP contribution in [0.1, 0.15) is 45.6 Å². The second-order valence-corrected chi connectivity index (χ2v) is 11.4. The molecule has 0 spiro atoms. The monoisotopic (exact) mass is 559 g/mol. The summed E-state index contributed by atoms with van der Waals surface area (Å²) in [6, 6.07) is 9.19. The van der Waals surface area contributed by atoms with Gasteiger partial charge in [-0.2, -0.15) is 0 Å². The molecule has 0 unspecified atom stereocenters. The van der Waals surface area contributed by atoms with Crippen molar-refractivity contribution >= 4 is 50.7 Å². The molecular formula is C25H32Cl2FN3O4S. The van der Waals surface area contributed by atoms with Gasteiger partial charge >= 0.3 is 0 Å². The van der Waals surface area contributed by atoms with Gasteiger partial charge in [-0.05, 0) is 63.1 Å². The molecule has 2 rings (SSSR count). The number of sulfonamides is 1. The second-order valence-electron chi connectivity index (χ2n) is 8.63. The molecule has 36 heavy (non-hydrogen) atoms. The molecule has 2 aromatic rings. The highest BCUT2D eigenvalue weighted by Gasteiger charge is 2.28. The van der Waals surface area contributed by atoms with Gasteiger partial charge in [0.2, 0.25) is 21.8 Å². The highest BCUT2D eigenvalue weighted by molar-refractivity contribution is 7.92. The Hall–Kier alpha value is -2.36. The zero-order valence-corrected chi connectivity index (χ0v) is 23.1. The fourth-order valence-electron chi connectivity index (χ4n) is 3.51. The number of nitrogens with one attached hydrogen (secondary N) is 1. The van der Waals surface area contributed by atoms with Crippen LogP contribution in [0.2, 0.25) is 10.0 Å². The quantitative estimate of drug-likeness (QED) is 0.396. The van der Waals surface area contributed by atoms with E-state index in [9.17, 15) is 22.4 Å². The average Bonchev–Trinajstić information content (AvgIpc) is 2.81. The number of rotatable bonds is 12. The van der Waals surface area contributed by atoms with Gasteiger partial charge in [-0.1, -0.05) is 36.2 Å². The minimum atomic E-state index is -3.67. The first-order valence-electron chi connectivity index (χ1n) is 11.6. The van der Waals surface area contributed by atoms with E-state index < -0.39 is 21.9 Å². The number of carbonyl (C=O) groups is 2. The normalized spacial score (nSPS) is 13.1. The third kappa shape index (κ3) is 8.35. The Kier molecular flexibility index (Phi) is 11.0. The highest BCUT2D eigenvalue weighted by Crippen LogP contribution is 2.27. The summed E-state index contributed by atoms with van der Waals surface area (Å²) in [7, 11) is -3.67. The molecule has 0 aliphatic heterocycles. The molecule has 7 nitrogen and oxygen atoms in total. The maximum absolute atomic E-state index is 13.3. The Bertz CT molecular complexity index is 1140. The summed E-state index contributed by atoms with van der Waals surface area (Å²) in [5.74, 6) is -1.16. The third-order valence-corrected chi connectivity index (χ3v) is 7.73. The lowest BCUT2D eigenvalue weighted by Crippen LogP contribution is -2.49. The molecule has 0 aliphatic carbocycles. The molecule has 198 valence electrons. The summed E-state index contributed by atoms with van der Waals surface area (Å²) in [5, 5.41) is 3.62. The Morgan fingerprint density at radius 2 is 1.64 bits per heavy atom. The van der Waals surface area contributed by atoms with Gasteiger partial charge in [0.1, 0.15) is 11.9 Å². The highest BCUT2D eigenvalue weighted by atomic mass is 35.5. The van der Waals surface area contributed by atoms with E-state index in [1.807, 2.05) is 13.8 Å². The summed E-state index contributed by atoms with van der Waals surface area (Å²) < 4.78 is 39.1. The average molecular weight is 561 g/mol. The molecule has 2 atom stereocenters. The van der Waals surface area contributed by atoms with Crippen LogP contribution in [-0.4, -0.2) is 50.0 Å². The second kappa shape index (κ2) is 13.3. The van der Waals surface area contributed by atoms with E-state index in [4.69, 9.17) is 23.2 Å². The van der Waals surface area contributed by atoms with Crippen LogP contribution in [0.25, 0.3) is 0 Å². The van der Waals surface area contributed by atoms with Crippen molar-refractivity contribution in [1.29, 1.82) is 0 Å². The summed E-state index contributed by atoms with van der Waals surface area (Å²) in [4.78, 5) is 27.6. The van der Waals surface area contributed by atoms with Crippen molar-refractivity contribution in [2.45, 2.75) is 58.7 Å². The van der Waals surface area contributed by atoms with Crippen LogP contribution in [0.5, 0.6) is 0 Å². The minimum Gasteiger partial charge on any atom is -0.352 e. The zero-order chi connectivity index (χ0) is 27.0. The van der Waals surface area contributed by atoms with Crippen LogP contribution in [0.3, 0.4) is 0 Å². The van der Waals surface area contributed by atoms with E-state index in [2.05, 4.69) is 5.32 Å². The summed E-state index contributed by atoms with van der Waals surface area (Å²) >= 11 is 12.6. The molecule has 11 heteroatoms. The van der Waals surface area contributed by atoms with Crippen molar-refractivity contribution in [3.63, 3.8) is 0 Å². The van der Waals surface area contributed by atoms with Crippen molar-refractivity contribution in [2.24, 2.45) is 0 Å². The van der Waals surface area contributed by atoms with Crippen LogP contribution in [-0.2, 0) is 26.2 Å². The maximum atomic E-state index is 13.3. The van der Waals surface area contributed by atoms with Crippen molar-refractivity contribution in [2.75, 3.05) is 17.1 Å². The van der Waals surface area contributed by atoms with Crippen LogP contribution >= 0.6 is 23.2 Å². The summed E-state index contributed by atoms with van der Waals surface area (Å²) in [6.45, 7) is 5.46. The SMILES string of the molecule is CC[C@H](C)NC(=O)[C@@H](C)N(Cc1c(Cl)cccc1Cl)C(=O)CCCN(c1ccc(F)cc1)S(C)(=O)=O. The van der Waals surface area contributed by atoms with Crippen LogP contribution < -0.4 is 9.62 Å². The molecule has 0 saturated heterocycles. The predicted molar refractivity (Wildman–Crippen MR) is 142 cm³/mol. The summed E-state index contributed by atoms with van der Waals surface area (Å²) in [6.07, 6.45) is 1.92. The standard InChI is InChI=1S/C25H32Cl2FN3O4S/c1-5-17(2)29-25(33)18(3)30(16-21-22(26)8-6-9-23(21)27)24(32)10-7-15-31(36(4,34)35)20-13-11-19(28)12-14-20/h6,8-9,11-14,17-18H,5,7,10,15-16H2,1-4H3,(H,29,33)/t17-,18+/m0/s1. The number of anilines is 1. The molecule has 2 amide bonds. The van der Waals surface area contributed by atoms with Gasteiger partial charge in [0, 0.05) is 41.2 Å². The number of amides is 2. The van der Waals surface area contributed by atoms with Gasteiger partial charge in [0.25, 0.3) is 0 Å². The fourth-order valence-corrected chi connectivity index (χ4v) is 5.00. The van der Waals surface area contributed by atoms with E-state index >= 15 is 0 Å². The fraction of sp³-hybridized carbons (Fsp3) is 0.440. The van der Waals surface area contributed by atoms with Gasteiger partial charge in [0.15, 0.2) is 0 Å². The molecule has 0 aromatic heterocycles. The van der Waals surface area contributed by atoms with Crippen LogP contribution in [0, 0.1) is 5.82 Å². The van der Waals surface area contributed by atoms with Crippen molar-refractivity contribution in [1.82, 2.24) is 10.2 Å². The Morgan fingerprint density at radius 3 is 2.17 bits per heavy atom. The third-order valence-electron chi connectivity index (χ3n) is 5.83. The number of carbonyl (C=O) groups excluding carboxylic acids is 2. The maximum Gasteiger partial charge on any atom is 0.242 e. The zero-order valence-electron chi connectivity index (χ0n) is 20.8. The smallest absolute Gasteiger partial charge is 0.242 e. The number of nitrogens with zero attached hydrogens (tertiary/aromatic N) is 2. The van der Waals surface area contributed by atoms with Crippen molar-refractivity contribution in [3.05, 3.63) is 63.9 Å². The van der Waals surface area contributed by atoms with Gasteiger partial charge < -0.3 is 10.2 Å². The first-order chi connectivity index (χ1) is 16.8. The largest absolute Gasteiger partial charge is 0.352 e. The molecule has 0 fully saturated rings. The van der Waals surface area contributed by atoms with E-state index in [0.717, 1.165) is 17.0 Å². The molecule has 0 bridgehead atoms. The number of benzene rings is 2. The molecule has 2 aromatic carbocycles. The number of halogens is 3. The van der Waals surface area contributed by atoms with E-state index in [1.54, 1.807) is 25.1 Å². The molecule has 0 saturated carbocycles. The van der Waals surface area contributed by atoms with Crippen molar-refractivity contribution in [3.8, 4) is 0 Å². The molecule has 0 radical (unpaired) electrons. The first-order valence-corrected chi connectivity index (χ1v) is 14.2. The lowest BCUT2D eigenvalue weighted by Gasteiger charge is -2.30. The Labute approximate surface area is 222 Å². The minimum absolute atomic E-state index is 0.00431. The van der Waals surface area contributed by atoms with Crippen LogP contribution in [0.4, 0.5) is 10.1 Å². The number of hydrogen-bond donors (Lipinski definition) is 1. The van der Waals surface area contributed by atoms with Crippen molar-refractivity contribution < 1.29 is 22.4 Å².